The molecule has 6 nitrogen and oxygen atoms in total. The molecule has 1 atom stereocenters. The van der Waals surface area contributed by atoms with E-state index in [1.54, 1.807) is 4.90 Å². The van der Waals surface area contributed by atoms with E-state index in [1.165, 1.54) is 0 Å². The minimum absolute atomic E-state index is 0.0587. The molecule has 20 heavy (non-hydrogen) atoms. The number of urea groups is 1. The Bertz CT molecular complexity index is 358. The summed E-state index contributed by atoms with van der Waals surface area (Å²) in [5.41, 5.74) is -0.510. The maximum atomic E-state index is 12.3. The average molecular weight is 285 g/mol. The van der Waals surface area contributed by atoms with Gasteiger partial charge in [-0.05, 0) is 46.7 Å². The number of aliphatic carboxylic acids is 1. The first-order valence-electron chi connectivity index (χ1n) is 7.16. The Balaban J connectivity index is 2.49. The maximum absolute atomic E-state index is 12.3. The molecule has 0 aliphatic carbocycles. The van der Waals surface area contributed by atoms with Crippen LogP contribution in [-0.4, -0.2) is 65.7 Å². The van der Waals surface area contributed by atoms with Crippen LogP contribution < -0.4 is 5.32 Å². The number of amides is 2. The van der Waals surface area contributed by atoms with Crippen LogP contribution in [0.5, 0.6) is 0 Å². The number of likely N-dealkylation sites (N-methyl/N-ethyl adjacent to an activating group) is 2. The maximum Gasteiger partial charge on any atom is 0.317 e. The molecule has 0 aromatic rings. The van der Waals surface area contributed by atoms with E-state index < -0.39 is 11.5 Å². The molecule has 1 fully saturated rings. The third-order valence-corrected chi connectivity index (χ3v) is 3.88. The number of rotatable bonds is 5. The summed E-state index contributed by atoms with van der Waals surface area (Å²) in [5, 5.41) is 11.7. The van der Waals surface area contributed by atoms with E-state index in [0.717, 1.165) is 25.9 Å². The van der Waals surface area contributed by atoms with Gasteiger partial charge in [0, 0.05) is 31.6 Å². The van der Waals surface area contributed by atoms with Crippen molar-refractivity contribution < 1.29 is 14.7 Å². The number of carbonyl (C=O) groups is 2. The fourth-order valence-corrected chi connectivity index (χ4v) is 2.48. The first-order valence-corrected chi connectivity index (χ1v) is 7.16. The number of likely N-dealkylation sites (tertiary alicyclic amines) is 1. The third kappa shape index (κ3) is 5.36. The Labute approximate surface area is 121 Å². The Morgan fingerprint density at radius 2 is 2.10 bits per heavy atom. The molecule has 1 unspecified atom stereocenters. The summed E-state index contributed by atoms with van der Waals surface area (Å²) in [5.74, 6) is -0.838. The molecule has 1 rings (SSSR count). The van der Waals surface area contributed by atoms with Gasteiger partial charge in [0.25, 0.3) is 0 Å². The van der Waals surface area contributed by atoms with Gasteiger partial charge < -0.3 is 20.2 Å². The number of nitrogens with one attached hydrogen (secondary N) is 1. The average Bonchev–Trinajstić information content (AvgIpc) is 2.35. The van der Waals surface area contributed by atoms with Crippen molar-refractivity contribution in [1.29, 1.82) is 0 Å². The minimum atomic E-state index is -0.838. The van der Waals surface area contributed by atoms with E-state index in [1.807, 2.05) is 20.9 Å². The van der Waals surface area contributed by atoms with Crippen LogP contribution in [-0.2, 0) is 4.79 Å². The predicted octanol–water partition coefficient (Wildman–Crippen LogP) is 1.37. The Morgan fingerprint density at radius 1 is 1.45 bits per heavy atom. The molecule has 1 aliphatic rings. The van der Waals surface area contributed by atoms with Crippen LogP contribution in [0.1, 0.15) is 39.5 Å². The molecule has 0 aromatic carbocycles. The Hall–Kier alpha value is -1.30. The molecular weight excluding hydrogens is 258 g/mol. The first kappa shape index (κ1) is 16.8. The summed E-state index contributed by atoms with van der Waals surface area (Å²) in [6.07, 6.45) is 2.60. The molecule has 0 spiro atoms. The summed E-state index contributed by atoms with van der Waals surface area (Å²) in [4.78, 5) is 26.9. The zero-order valence-corrected chi connectivity index (χ0v) is 13.0. The van der Waals surface area contributed by atoms with Crippen LogP contribution in [0.25, 0.3) is 0 Å². The normalized spacial score (nSPS) is 20.5. The van der Waals surface area contributed by atoms with Crippen molar-refractivity contribution in [1.82, 2.24) is 15.1 Å². The summed E-state index contributed by atoms with van der Waals surface area (Å²) in [7, 11) is 3.88. The van der Waals surface area contributed by atoms with Crippen molar-refractivity contribution in [2.75, 3.05) is 27.2 Å². The zero-order valence-electron chi connectivity index (χ0n) is 13.0. The van der Waals surface area contributed by atoms with E-state index in [-0.39, 0.29) is 18.5 Å². The lowest BCUT2D eigenvalue weighted by atomic mass is 9.98. The van der Waals surface area contributed by atoms with Crippen molar-refractivity contribution in [2.45, 2.75) is 51.1 Å². The Morgan fingerprint density at radius 3 is 2.65 bits per heavy atom. The van der Waals surface area contributed by atoms with Gasteiger partial charge in [-0.3, -0.25) is 4.79 Å². The minimum Gasteiger partial charge on any atom is -0.481 e. The molecule has 0 bridgehead atoms. The molecule has 0 radical (unpaired) electrons. The number of hydrogen-bond donors (Lipinski definition) is 2. The highest BCUT2D eigenvalue weighted by atomic mass is 16.4. The molecule has 1 saturated heterocycles. The van der Waals surface area contributed by atoms with Crippen LogP contribution in [0.15, 0.2) is 0 Å². The summed E-state index contributed by atoms with van der Waals surface area (Å²) in [6.45, 7) is 5.68. The van der Waals surface area contributed by atoms with Crippen molar-refractivity contribution >= 4 is 12.0 Å². The lowest BCUT2D eigenvalue weighted by molar-refractivity contribution is -0.137. The van der Waals surface area contributed by atoms with Crippen LogP contribution in [0, 0.1) is 0 Å². The molecule has 1 aliphatic heterocycles. The predicted molar refractivity (Wildman–Crippen MR) is 77.8 cm³/mol. The molecule has 0 aromatic heterocycles. The monoisotopic (exact) mass is 285 g/mol. The summed E-state index contributed by atoms with van der Waals surface area (Å²) >= 11 is 0. The van der Waals surface area contributed by atoms with Gasteiger partial charge in [-0.1, -0.05) is 0 Å². The second kappa shape index (κ2) is 6.92. The highest BCUT2D eigenvalue weighted by molar-refractivity contribution is 5.75. The number of carboxylic acid groups (broad SMARTS) is 1. The van der Waals surface area contributed by atoms with Gasteiger partial charge in [0.05, 0.1) is 0 Å². The lowest BCUT2D eigenvalue weighted by Gasteiger charge is -2.37. The molecular formula is C14H27N3O3. The number of hydrogen-bond acceptors (Lipinski definition) is 3. The van der Waals surface area contributed by atoms with Gasteiger partial charge in [0.2, 0.25) is 0 Å². The lowest BCUT2D eigenvalue weighted by Crippen LogP contribution is -2.54. The van der Waals surface area contributed by atoms with Gasteiger partial charge in [-0.15, -0.1) is 0 Å². The highest BCUT2D eigenvalue weighted by Gasteiger charge is 2.28. The van der Waals surface area contributed by atoms with E-state index in [9.17, 15) is 9.59 Å². The Kier molecular flexibility index (Phi) is 5.80. The molecule has 2 amide bonds. The largest absolute Gasteiger partial charge is 0.481 e. The second-order valence-electron chi connectivity index (χ2n) is 6.38. The van der Waals surface area contributed by atoms with E-state index in [0.29, 0.717) is 6.42 Å². The third-order valence-electron chi connectivity index (χ3n) is 3.88. The van der Waals surface area contributed by atoms with Gasteiger partial charge in [-0.25, -0.2) is 4.79 Å². The molecule has 2 N–H and O–H groups in total. The van der Waals surface area contributed by atoms with Crippen molar-refractivity contribution in [2.24, 2.45) is 0 Å². The van der Waals surface area contributed by atoms with Crippen molar-refractivity contribution in [3.8, 4) is 0 Å². The second-order valence-corrected chi connectivity index (χ2v) is 6.38. The molecule has 1 heterocycles. The number of piperidine rings is 1. The fraction of sp³-hybridized carbons (Fsp3) is 0.857. The topological polar surface area (TPSA) is 72.9 Å². The van der Waals surface area contributed by atoms with Gasteiger partial charge in [0.1, 0.15) is 0 Å². The number of carboxylic acids is 1. The summed E-state index contributed by atoms with van der Waals surface area (Å²) in [6, 6.07) is 0.102. The zero-order chi connectivity index (χ0) is 15.3. The van der Waals surface area contributed by atoms with Crippen LogP contribution in [0.3, 0.4) is 0 Å². The number of nitrogens with zero attached hydrogens (tertiary/aromatic N) is 2. The SMILES string of the molecule is CN1CCCC(N(C)C(=O)NC(C)(C)CCC(=O)O)C1. The van der Waals surface area contributed by atoms with E-state index in [4.69, 9.17) is 5.11 Å². The standard InChI is InChI=1S/C14H27N3O3/c1-14(2,8-7-12(18)19)15-13(20)17(4)11-6-5-9-16(3)10-11/h11H,5-10H2,1-4H3,(H,15,20)(H,18,19). The molecule has 6 heteroatoms. The quantitative estimate of drug-likeness (QED) is 0.800. The van der Waals surface area contributed by atoms with Gasteiger partial charge in [-0.2, -0.15) is 0 Å². The van der Waals surface area contributed by atoms with Gasteiger partial charge in [0.15, 0.2) is 0 Å². The van der Waals surface area contributed by atoms with Crippen molar-refractivity contribution in [3.63, 3.8) is 0 Å². The van der Waals surface area contributed by atoms with E-state index in [2.05, 4.69) is 17.3 Å². The van der Waals surface area contributed by atoms with Crippen LogP contribution in [0.4, 0.5) is 4.79 Å². The first-order chi connectivity index (χ1) is 9.21. The smallest absolute Gasteiger partial charge is 0.317 e. The molecule has 116 valence electrons. The summed E-state index contributed by atoms with van der Waals surface area (Å²) < 4.78 is 0. The van der Waals surface area contributed by atoms with Crippen LogP contribution >= 0.6 is 0 Å². The molecule has 0 saturated carbocycles. The number of carbonyl (C=O) groups excluding carboxylic acids is 1. The fourth-order valence-electron chi connectivity index (χ4n) is 2.48. The van der Waals surface area contributed by atoms with Crippen LogP contribution in [0.2, 0.25) is 0 Å². The van der Waals surface area contributed by atoms with Crippen molar-refractivity contribution in [3.05, 3.63) is 0 Å². The highest BCUT2D eigenvalue weighted by Crippen LogP contribution is 2.16. The van der Waals surface area contributed by atoms with Gasteiger partial charge >= 0.3 is 12.0 Å². The van der Waals surface area contributed by atoms with E-state index >= 15 is 0 Å².